The number of carbonyl (C=O) groups excluding carboxylic acids is 3. The average molecular weight is 539 g/mol. The third-order valence-corrected chi connectivity index (χ3v) is 7.56. The number of nitrogens with two attached hydrogens (primary N) is 1. The van der Waals surface area contributed by atoms with Gasteiger partial charge in [-0.1, -0.05) is 60.7 Å². The highest BCUT2D eigenvalue weighted by molar-refractivity contribution is 5.99. The quantitative estimate of drug-likeness (QED) is 0.218. The van der Waals surface area contributed by atoms with Gasteiger partial charge in [-0.05, 0) is 60.7 Å². The van der Waals surface area contributed by atoms with Crippen LogP contribution in [0.1, 0.15) is 40.9 Å². The van der Waals surface area contributed by atoms with E-state index in [1.165, 1.54) is 7.11 Å². The second-order valence-corrected chi connectivity index (χ2v) is 10.1. The Kier molecular flexibility index (Phi) is 8.26. The molecule has 8 heteroatoms. The Labute approximate surface area is 233 Å². The zero-order valence-electron chi connectivity index (χ0n) is 22.6. The molecule has 5 rings (SSSR count). The van der Waals surface area contributed by atoms with Crippen LogP contribution in [0.4, 0.5) is 0 Å². The van der Waals surface area contributed by atoms with E-state index in [0.717, 1.165) is 39.7 Å². The smallest absolute Gasteiger partial charge is 0.328 e. The number of hydrogen-bond acceptors (Lipinski definition) is 5. The van der Waals surface area contributed by atoms with Crippen molar-refractivity contribution in [3.63, 3.8) is 0 Å². The van der Waals surface area contributed by atoms with Crippen molar-refractivity contribution in [3.05, 3.63) is 95.7 Å². The summed E-state index contributed by atoms with van der Waals surface area (Å²) in [5.41, 5.74) is 11.1. The Morgan fingerprint density at radius 2 is 1.68 bits per heavy atom. The van der Waals surface area contributed by atoms with Crippen molar-refractivity contribution in [1.29, 1.82) is 0 Å². The number of esters is 1. The summed E-state index contributed by atoms with van der Waals surface area (Å²) in [6.45, 7) is 0.747. The fraction of sp³-hybridized carbons (Fsp3) is 0.281. The molecule has 0 aliphatic carbocycles. The molecule has 2 unspecified atom stereocenters. The lowest BCUT2D eigenvalue weighted by Gasteiger charge is -2.35. The van der Waals surface area contributed by atoms with Crippen LogP contribution in [0.5, 0.6) is 0 Å². The molecule has 0 bridgehead atoms. The number of methoxy groups -OCH3 is 1. The van der Waals surface area contributed by atoms with Gasteiger partial charge in [-0.25, -0.2) is 4.79 Å². The van der Waals surface area contributed by atoms with E-state index in [-0.39, 0.29) is 18.4 Å². The fourth-order valence-corrected chi connectivity index (χ4v) is 5.41. The normalized spacial score (nSPS) is 15.3. The highest BCUT2D eigenvalue weighted by Crippen LogP contribution is 2.32. The number of fused-ring (bicyclic) bond motifs is 3. The van der Waals surface area contributed by atoms with E-state index in [9.17, 15) is 14.4 Å². The van der Waals surface area contributed by atoms with Crippen LogP contribution in [0.15, 0.2) is 78.9 Å². The molecule has 2 atom stereocenters. The zero-order valence-corrected chi connectivity index (χ0v) is 22.6. The molecular weight excluding hydrogens is 504 g/mol. The maximum absolute atomic E-state index is 13.9. The molecule has 0 saturated heterocycles. The summed E-state index contributed by atoms with van der Waals surface area (Å²) < 4.78 is 4.95. The van der Waals surface area contributed by atoms with Gasteiger partial charge < -0.3 is 25.7 Å². The number of benzene rings is 3. The molecule has 206 valence electrons. The maximum atomic E-state index is 13.9. The average Bonchev–Trinajstić information content (AvgIpc) is 3.37. The number of hydrogen-bond donors (Lipinski definition) is 3. The lowest BCUT2D eigenvalue weighted by Crippen LogP contribution is -2.55. The van der Waals surface area contributed by atoms with Crippen LogP contribution >= 0.6 is 0 Å². The predicted octanol–water partition coefficient (Wildman–Crippen LogP) is 4.19. The number of nitrogens with zero attached hydrogens (tertiary/aromatic N) is 1. The van der Waals surface area contributed by atoms with Crippen molar-refractivity contribution in [3.8, 4) is 11.1 Å². The predicted molar refractivity (Wildman–Crippen MR) is 154 cm³/mol. The summed E-state index contributed by atoms with van der Waals surface area (Å²) in [6.07, 6.45) is 2.14. The molecule has 2 amide bonds. The largest absolute Gasteiger partial charge is 0.467 e. The highest BCUT2D eigenvalue weighted by atomic mass is 16.5. The van der Waals surface area contributed by atoms with Gasteiger partial charge in [-0.3, -0.25) is 9.59 Å². The van der Waals surface area contributed by atoms with Gasteiger partial charge in [0.15, 0.2) is 0 Å². The van der Waals surface area contributed by atoms with Crippen LogP contribution in [-0.4, -0.2) is 53.4 Å². The molecule has 1 aliphatic rings. The van der Waals surface area contributed by atoms with Crippen molar-refractivity contribution in [2.45, 2.75) is 44.3 Å². The van der Waals surface area contributed by atoms with Crippen LogP contribution in [0.25, 0.3) is 22.0 Å². The summed E-state index contributed by atoms with van der Waals surface area (Å²) in [6, 6.07) is 23.7. The first-order valence-electron chi connectivity index (χ1n) is 13.6. The number of aromatic nitrogens is 1. The summed E-state index contributed by atoms with van der Waals surface area (Å²) in [5, 5.41) is 3.91. The second-order valence-electron chi connectivity index (χ2n) is 10.1. The van der Waals surface area contributed by atoms with Crippen molar-refractivity contribution in [1.82, 2.24) is 15.2 Å². The van der Waals surface area contributed by atoms with Crippen molar-refractivity contribution in [2.75, 3.05) is 13.7 Å². The Balaban J connectivity index is 1.45. The zero-order chi connectivity index (χ0) is 28.1. The molecule has 4 N–H and O–H groups in total. The number of H-pyrrole nitrogens is 1. The van der Waals surface area contributed by atoms with Crippen molar-refractivity contribution < 1.29 is 19.1 Å². The van der Waals surface area contributed by atoms with Gasteiger partial charge in [0.2, 0.25) is 5.91 Å². The highest BCUT2D eigenvalue weighted by Gasteiger charge is 2.38. The Morgan fingerprint density at radius 1 is 0.975 bits per heavy atom. The SMILES string of the molecule is COC(=O)C(CCCCN)NC(=O)C1Cc2c([nH]c3ccccc23)CN1C(=O)c1ccc(-c2ccccc2)cc1. The van der Waals surface area contributed by atoms with Crippen LogP contribution in [0, 0.1) is 0 Å². The lowest BCUT2D eigenvalue weighted by molar-refractivity contribution is -0.146. The molecule has 0 fully saturated rings. The minimum Gasteiger partial charge on any atom is -0.467 e. The number of amides is 2. The number of aromatic amines is 1. The van der Waals surface area contributed by atoms with Crippen LogP contribution in [0.2, 0.25) is 0 Å². The fourth-order valence-electron chi connectivity index (χ4n) is 5.41. The van der Waals surface area contributed by atoms with E-state index in [2.05, 4.69) is 10.3 Å². The van der Waals surface area contributed by atoms with Crippen LogP contribution in [0.3, 0.4) is 0 Å². The molecule has 2 heterocycles. The molecule has 8 nitrogen and oxygen atoms in total. The molecule has 4 aromatic rings. The Morgan fingerprint density at radius 3 is 2.40 bits per heavy atom. The Hall–Kier alpha value is -4.43. The molecule has 1 aliphatic heterocycles. The minimum absolute atomic E-state index is 0.247. The first kappa shape index (κ1) is 27.1. The van der Waals surface area contributed by atoms with E-state index >= 15 is 0 Å². The number of para-hydroxylation sites is 1. The minimum atomic E-state index is -0.810. The van der Waals surface area contributed by atoms with Gasteiger partial charge in [0.1, 0.15) is 12.1 Å². The first-order chi connectivity index (χ1) is 19.5. The van der Waals surface area contributed by atoms with E-state index in [0.29, 0.717) is 31.4 Å². The van der Waals surface area contributed by atoms with Gasteiger partial charge in [-0.2, -0.15) is 0 Å². The molecule has 0 saturated carbocycles. The van der Waals surface area contributed by atoms with Gasteiger partial charge in [0.25, 0.3) is 5.91 Å². The van der Waals surface area contributed by atoms with Gasteiger partial charge >= 0.3 is 5.97 Å². The molecule has 40 heavy (non-hydrogen) atoms. The Bertz CT molecular complexity index is 1500. The molecular formula is C32H34N4O4. The number of unbranched alkanes of at least 4 members (excludes halogenated alkanes) is 1. The summed E-state index contributed by atoms with van der Waals surface area (Å²) >= 11 is 0. The number of carbonyl (C=O) groups is 3. The number of ether oxygens (including phenoxy) is 1. The molecule has 1 aromatic heterocycles. The van der Waals surface area contributed by atoms with Crippen LogP contribution in [-0.2, 0) is 27.3 Å². The van der Waals surface area contributed by atoms with E-state index in [1.54, 1.807) is 17.0 Å². The molecule has 0 radical (unpaired) electrons. The van der Waals surface area contributed by atoms with Gasteiger partial charge in [0.05, 0.1) is 13.7 Å². The van der Waals surface area contributed by atoms with E-state index in [4.69, 9.17) is 10.5 Å². The topological polar surface area (TPSA) is 118 Å². The third kappa shape index (κ3) is 5.62. The molecule has 3 aromatic carbocycles. The molecule has 0 spiro atoms. The standard InChI is InChI=1S/C32H34N4O4/c1-40-32(39)27(13-7-8-18-33)35-30(37)29-19-25-24-11-5-6-12-26(24)34-28(25)20-36(29)31(38)23-16-14-22(15-17-23)21-9-3-2-4-10-21/h2-6,9-12,14-17,27,29,34H,7-8,13,18-20,33H2,1H3,(H,35,37). The second kappa shape index (κ2) is 12.2. The summed E-state index contributed by atoms with van der Waals surface area (Å²) in [5.74, 6) is -1.14. The number of rotatable bonds is 9. The third-order valence-electron chi connectivity index (χ3n) is 7.56. The summed E-state index contributed by atoms with van der Waals surface area (Å²) in [4.78, 5) is 45.2. The monoisotopic (exact) mass is 538 g/mol. The van der Waals surface area contributed by atoms with Gasteiger partial charge in [-0.15, -0.1) is 0 Å². The first-order valence-corrected chi connectivity index (χ1v) is 13.6. The van der Waals surface area contributed by atoms with E-state index < -0.39 is 18.1 Å². The number of nitrogens with one attached hydrogen (secondary N) is 2. The van der Waals surface area contributed by atoms with E-state index in [1.807, 2.05) is 66.7 Å². The van der Waals surface area contributed by atoms with Gasteiger partial charge in [0, 0.05) is 28.6 Å². The maximum Gasteiger partial charge on any atom is 0.328 e. The summed E-state index contributed by atoms with van der Waals surface area (Å²) in [7, 11) is 1.30. The van der Waals surface area contributed by atoms with Crippen molar-refractivity contribution >= 4 is 28.7 Å². The van der Waals surface area contributed by atoms with Crippen LogP contribution < -0.4 is 11.1 Å². The lowest BCUT2D eigenvalue weighted by atomic mass is 9.94. The van der Waals surface area contributed by atoms with Crippen molar-refractivity contribution in [2.24, 2.45) is 5.73 Å².